The fourth-order valence-corrected chi connectivity index (χ4v) is 1.78. The van der Waals surface area contributed by atoms with Gasteiger partial charge < -0.3 is 14.4 Å². The molecule has 0 radical (unpaired) electrons. The Kier molecular flexibility index (Phi) is 4.12. The topological polar surface area (TPSA) is 21.7 Å². The van der Waals surface area contributed by atoms with Gasteiger partial charge in [-0.2, -0.15) is 0 Å². The fourth-order valence-electron chi connectivity index (χ4n) is 1.78. The second-order valence-electron chi connectivity index (χ2n) is 3.69. The van der Waals surface area contributed by atoms with Gasteiger partial charge in [-0.05, 0) is 12.1 Å². The molecule has 0 saturated carbocycles. The van der Waals surface area contributed by atoms with Gasteiger partial charge in [-0.25, -0.2) is 4.39 Å². The molecule has 0 unspecified atom stereocenters. The van der Waals surface area contributed by atoms with Crippen LogP contribution in [0.4, 0.5) is 10.1 Å². The van der Waals surface area contributed by atoms with Crippen molar-refractivity contribution in [1.82, 2.24) is 0 Å². The number of likely N-dealkylation sites (N-methyl/N-ethyl adjacent to an activating group) is 1. The minimum Gasteiger partial charge on any atom is -0.484 e. The average Bonchev–Trinajstić information content (AvgIpc) is 2.20. The van der Waals surface area contributed by atoms with Crippen molar-refractivity contribution in [1.29, 1.82) is 0 Å². The number of benzene rings is 1. The van der Waals surface area contributed by atoms with Crippen LogP contribution in [-0.2, 0) is 4.74 Å². The maximum absolute atomic E-state index is 13.0. The monoisotopic (exact) mass is 227 g/mol. The minimum atomic E-state index is -0.241. The number of nitrogens with zero attached hydrogens (tertiary/aromatic N) is 1. The zero-order valence-electron chi connectivity index (χ0n) is 8.87. The van der Waals surface area contributed by atoms with Crippen molar-refractivity contribution in [2.45, 2.75) is 13.5 Å². The number of rotatable bonds is 2. The summed E-state index contributed by atoms with van der Waals surface area (Å²) < 4.78 is 23.7. The summed E-state index contributed by atoms with van der Waals surface area (Å²) in [5.41, 5.74) is 0.794. The number of fused-ring (bicyclic) bond motifs is 1. The van der Waals surface area contributed by atoms with Crippen LogP contribution in [0.1, 0.15) is 7.43 Å². The van der Waals surface area contributed by atoms with Crippen LogP contribution in [0.15, 0.2) is 18.2 Å². The highest BCUT2D eigenvalue weighted by molar-refractivity contribution is 5.59. The lowest BCUT2D eigenvalue weighted by Gasteiger charge is -2.33. The molecule has 0 aliphatic carbocycles. The van der Waals surface area contributed by atoms with Crippen LogP contribution in [0, 0.1) is 5.82 Å². The Bertz CT molecular complexity index is 357. The van der Waals surface area contributed by atoms with Crippen LogP contribution >= 0.6 is 0 Å². The molecule has 1 aromatic rings. The number of hydrogen-bond donors (Lipinski definition) is 0. The van der Waals surface area contributed by atoms with Crippen molar-refractivity contribution in [3.05, 3.63) is 24.0 Å². The van der Waals surface area contributed by atoms with Crippen LogP contribution in [0.2, 0.25) is 0 Å². The third-order valence-electron chi connectivity index (χ3n) is 2.46. The van der Waals surface area contributed by atoms with E-state index in [2.05, 4.69) is 0 Å². The molecule has 16 heavy (non-hydrogen) atoms. The molecule has 0 bridgehead atoms. The fraction of sp³-hybridized carbons (Fsp3) is 0.500. The Morgan fingerprint density at radius 3 is 3.00 bits per heavy atom. The molecule has 0 N–H and O–H groups in total. The summed E-state index contributed by atoms with van der Waals surface area (Å²) in [5.74, 6) is 0.474. The number of hydrogen-bond acceptors (Lipinski definition) is 3. The molecule has 0 aromatic heterocycles. The normalized spacial score (nSPS) is 18.4. The maximum Gasteiger partial charge on any atom is 0.143 e. The molecule has 3 nitrogen and oxygen atoms in total. The first-order valence-corrected chi connectivity index (χ1v) is 4.87. The zero-order chi connectivity index (χ0) is 10.8. The predicted molar refractivity (Wildman–Crippen MR) is 62.7 cm³/mol. The third-order valence-corrected chi connectivity index (χ3v) is 2.46. The summed E-state index contributed by atoms with van der Waals surface area (Å²) in [4.78, 5) is 1.98. The van der Waals surface area contributed by atoms with E-state index in [0.29, 0.717) is 18.9 Å². The first-order valence-electron chi connectivity index (χ1n) is 4.87. The van der Waals surface area contributed by atoms with Gasteiger partial charge in [0.2, 0.25) is 0 Å². The van der Waals surface area contributed by atoms with E-state index in [1.54, 1.807) is 13.2 Å². The van der Waals surface area contributed by atoms with Crippen LogP contribution in [0.5, 0.6) is 5.75 Å². The molecule has 0 fully saturated rings. The van der Waals surface area contributed by atoms with Gasteiger partial charge in [-0.3, -0.25) is 0 Å². The number of ether oxygens (including phenoxy) is 2. The Morgan fingerprint density at radius 2 is 2.31 bits per heavy atom. The van der Waals surface area contributed by atoms with Gasteiger partial charge in [0, 0.05) is 20.2 Å². The zero-order valence-corrected chi connectivity index (χ0v) is 8.87. The Hall–Kier alpha value is -1.29. The van der Waals surface area contributed by atoms with Gasteiger partial charge in [0.25, 0.3) is 0 Å². The standard InChI is InChI=1S/C11H14FNO2.CH4/c1-13-6-9(7-14-2)15-11-4-3-8(12)5-10(11)13;/h3-5,9H,6-7H2,1-2H3;1H4/t9-;/m1./s1. The molecule has 1 aromatic carbocycles. The molecule has 0 amide bonds. The summed E-state index contributed by atoms with van der Waals surface area (Å²) in [6.45, 7) is 1.26. The van der Waals surface area contributed by atoms with E-state index in [0.717, 1.165) is 5.69 Å². The lowest BCUT2D eigenvalue weighted by atomic mass is 10.2. The Balaban J connectivity index is 0.00000128. The molecular weight excluding hydrogens is 209 g/mol. The molecule has 0 spiro atoms. The molecule has 1 aliphatic heterocycles. The second-order valence-corrected chi connectivity index (χ2v) is 3.69. The molecule has 1 heterocycles. The van der Waals surface area contributed by atoms with Crippen LogP contribution in [-0.4, -0.2) is 33.4 Å². The first-order chi connectivity index (χ1) is 7.20. The first kappa shape index (κ1) is 12.8. The lowest BCUT2D eigenvalue weighted by Crippen LogP contribution is -2.40. The van der Waals surface area contributed by atoms with Gasteiger partial charge in [-0.1, -0.05) is 7.43 Å². The summed E-state index contributed by atoms with van der Waals surface area (Å²) in [7, 11) is 3.56. The van der Waals surface area contributed by atoms with E-state index in [9.17, 15) is 4.39 Å². The molecule has 4 heteroatoms. The summed E-state index contributed by atoms with van der Waals surface area (Å²) in [6, 6.07) is 4.54. The van der Waals surface area contributed by atoms with Crippen molar-refractivity contribution >= 4 is 5.69 Å². The van der Waals surface area contributed by atoms with E-state index in [1.807, 2.05) is 11.9 Å². The largest absolute Gasteiger partial charge is 0.484 e. The van der Waals surface area contributed by atoms with Crippen LogP contribution in [0.3, 0.4) is 0 Å². The highest BCUT2D eigenvalue weighted by atomic mass is 19.1. The molecule has 1 atom stereocenters. The molecular formula is C12H18FNO2. The average molecular weight is 227 g/mol. The molecule has 2 rings (SSSR count). The van der Waals surface area contributed by atoms with Gasteiger partial charge >= 0.3 is 0 Å². The van der Waals surface area contributed by atoms with Crippen molar-refractivity contribution in [2.75, 3.05) is 32.2 Å². The number of halogens is 1. The second kappa shape index (κ2) is 5.16. The SMILES string of the molecule is C.COC[C@H]1CN(C)c2cc(F)ccc2O1. The summed E-state index contributed by atoms with van der Waals surface area (Å²) in [5, 5.41) is 0. The number of methoxy groups -OCH3 is 1. The molecule has 1 aliphatic rings. The van der Waals surface area contributed by atoms with Crippen LogP contribution in [0.25, 0.3) is 0 Å². The smallest absolute Gasteiger partial charge is 0.143 e. The summed E-state index contributed by atoms with van der Waals surface area (Å²) in [6.07, 6.45) is 0.0120. The van der Waals surface area contributed by atoms with E-state index in [4.69, 9.17) is 9.47 Å². The number of anilines is 1. The van der Waals surface area contributed by atoms with Gasteiger partial charge in [-0.15, -0.1) is 0 Å². The van der Waals surface area contributed by atoms with Gasteiger partial charge in [0.1, 0.15) is 17.7 Å². The van der Waals surface area contributed by atoms with Crippen molar-refractivity contribution in [2.24, 2.45) is 0 Å². The molecule has 0 saturated heterocycles. The quantitative estimate of drug-likeness (QED) is 0.774. The Morgan fingerprint density at radius 1 is 1.56 bits per heavy atom. The van der Waals surface area contributed by atoms with E-state index < -0.39 is 0 Å². The lowest BCUT2D eigenvalue weighted by molar-refractivity contribution is 0.0800. The maximum atomic E-state index is 13.0. The minimum absolute atomic E-state index is 0. The molecule has 90 valence electrons. The van der Waals surface area contributed by atoms with E-state index >= 15 is 0 Å². The van der Waals surface area contributed by atoms with Crippen molar-refractivity contribution < 1.29 is 13.9 Å². The van der Waals surface area contributed by atoms with Crippen LogP contribution < -0.4 is 9.64 Å². The predicted octanol–water partition coefficient (Wildman–Crippen LogP) is 2.31. The van der Waals surface area contributed by atoms with Gasteiger partial charge in [0.05, 0.1) is 18.8 Å². The Labute approximate surface area is 95.8 Å². The van der Waals surface area contributed by atoms with E-state index in [1.165, 1.54) is 12.1 Å². The highest BCUT2D eigenvalue weighted by Crippen LogP contribution is 2.32. The van der Waals surface area contributed by atoms with Crippen molar-refractivity contribution in [3.8, 4) is 5.75 Å². The van der Waals surface area contributed by atoms with Crippen molar-refractivity contribution in [3.63, 3.8) is 0 Å². The third kappa shape index (κ3) is 2.44. The van der Waals surface area contributed by atoms with E-state index in [-0.39, 0.29) is 19.3 Å². The highest BCUT2D eigenvalue weighted by Gasteiger charge is 2.23. The summed E-state index contributed by atoms with van der Waals surface area (Å²) >= 11 is 0. The van der Waals surface area contributed by atoms with Gasteiger partial charge in [0.15, 0.2) is 0 Å².